The predicted molar refractivity (Wildman–Crippen MR) is 87.4 cm³/mol. The van der Waals surface area contributed by atoms with Crippen molar-refractivity contribution in [1.82, 2.24) is 13.9 Å². The summed E-state index contributed by atoms with van der Waals surface area (Å²) in [7, 11) is -3.86. The minimum atomic E-state index is -3.74. The topological polar surface area (TPSA) is 86.8 Å². The zero-order valence-corrected chi connectivity index (χ0v) is 15.2. The normalized spacial score (nSPS) is 21.8. The first-order valence-electron chi connectivity index (χ1n) is 6.94. The zero-order chi connectivity index (χ0) is 16.1. The van der Waals surface area contributed by atoms with Crippen LogP contribution in [0.5, 0.6) is 0 Å². The van der Waals surface area contributed by atoms with Crippen LogP contribution in [0.1, 0.15) is 13.3 Å². The SMILES string of the molecule is CCS(=O)(=O)C1CSCCN1S(=O)(=O)N(C)CCCNC. The van der Waals surface area contributed by atoms with E-state index in [0.717, 1.165) is 4.31 Å². The number of nitrogens with one attached hydrogen (secondary N) is 1. The quantitative estimate of drug-likeness (QED) is 0.593. The van der Waals surface area contributed by atoms with Gasteiger partial charge in [0.05, 0.1) is 0 Å². The Morgan fingerprint density at radius 3 is 2.57 bits per heavy atom. The van der Waals surface area contributed by atoms with Gasteiger partial charge in [0, 0.05) is 37.4 Å². The van der Waals surface area contributed by atoms with E-state index in [0.29, 0.717) is 31.0 Å². The summed E-state index contributed by atoms with van der Waals surface area (Å²) in [5, 5.41) is 2.02. The Bertz CT molecular complexity index is 521. The molecule has 1 rings (SSSR count). The van der Waals surface area contributed by atoms with Crippen molar-refractivity contribution in [2.45, 2.75) is 18.7 Å². The summed E-state index contributed by atoms with van der Waals surface area (Å²) in [6.07, 6.45) is 0.681. The maximum absolute atomic E-state index is 12.6. The lowest BCUT2D eigenvalue weighted by molar-refractivity contribution is 0.352. The third kappa shape index (κ3) is 4.80. The van der Waals surface area contributed by atoms with E-state index in [4.69, 9.17) is 0 Å². The molecule has 126 valence electrons. The van der Waals surface area contributed by atoms with Crippen LogP contribution < -0.4 is 5.32 Å². The Hall–Kier alpha value is 0.130. The molecule has 0 bridgehead atoms. The molecule has 0 radical (unpaired) electrons. The highest BCUT2D eigenvalue weighted by Gasteiger charge is 2.41. The molecule has 0 aromatic heterocycles. The van der Waals surface area contributed by atoms with E-state index >= 15 is 0 Å². The standard InChI is InChI=1S/C11H25N3O4S3/c1-4-20(15,16)11-10-19-9-8-14(11)21(17,18)13(3)7-5-6-12-2/h11-12H,4-10H2,1-3H3. The number of hydrogen-bond donors (Lipinski definition) is 1. The Kier molecular flexibility index (Phi) is 7.41. The van der Waals surface area contributed by atoms with Crippen LogP contribution in [0.15, 0.2) is 0 Å². The summed E-state index contributed by atoms with van der Waals surface area (Å²) in [6.45, 7) is 2.88. The smallest absolute Gasteiger partial charge is 0.282 e. The fourth-order valence-electron chi connectivity index (χ4n) is 2.08. The highest BCUT2D eigenvalue weighted by molar-refractivity contribution is 8.01. The summed E-state index contributed by atoms with van der Waals surface area (Å²) in [5.41, 5.74) is 0. The molecule has 21 heavy (non-hydrogen) atoms. The third-order valence-corrected chi connectivity index (χ3v) is 8.87. The molecule has 10 heteroatoms. The lowest BCUT2D eigenvalue weighted by atomic mass is 10.4. The molecule has 0 spiro atoms. The second-order valence-corrected chi connectivity index (χ2v) is 10.5. The van der Waals surface area contributed by atoms with Gasteiger partial charge >= 0.3 is 0 Å². The average Bonchev–Trinajstić information content (AvgIpc) is 2.47. The second kappa shape index (κ2) is 8.11. The summed E-state index contributed by atoms with van der Waals surface area (Å²) in [6, 6.07) is 0. The van der Waals surface area contributed by atoms with Crippen LogP contribution in [0, 0.1) is 0 Å². The van der Waals surface area contributed by atoms with Crippen LogP contribution in [-0.2, 0) is 20.0 Å². The summed E-state index contributed by atoms with van der Waals surface area (Å²) < 4.78 is 51.9. The second-order valence-electron chi connectivity index (χ2n) is 4.88. The van der Waals surface area contributed by atoms with Gasteiger partial charge in [0.2, 0.25) is 0 Å². The van der Waals surface area contributed by atoms with Gasteiger partial charge in [-0.2, -0.15) is 28.8 Å². The minimum absolute atomic E-state index is 0.0479. The average molecular weight is 360 g/mol. The van der Waals surface area contributed by atoms with Gasteiger partial charge in [-0.15, -0.1) is 0 Å². The van der Waals surface area contributed by atoms with Crippen LogP contribution in [-0.4, -0.2) is 81.8 Å². The van der Waals surface area contributed by atoms with Crippen molar-refractivity contribution < 1.29 is 16.8 Å². The zero-order valence-electron chi connectivity index (χ0n) is 12.8. The molecule has 1 fully saturated rings. The number of rotatable bonds is 8. The molecule has 1 aliphatic heterocycles. The summed E-state index contributed by atoms with van der Waals surface area (Å²) >= 11 is 1.48. The van der Waals surface area contributed by atoms with Crippen molar-refractivity contribution in [3.05, 3.63) is 0 Å². The van der Waals surface area contributed by atoms with Gasteiger partial charge < -0.3 is 5.32 Å². The van der Waals surface area contributed by atoms with Gasteiger partial charge in [0.1, 0.15) is 5.37 Å². The fraction of sp³-hybridized carbons (Fsp3) is 1.00. The maximum atomic E-state index is 12.6. The van der Waals surface area contributed by atoms with Crippen LogP contribution >= 0.6 is 11.8 Å². The van der Waals surface area contributed by atoms with E-state index in [1.54, 1.807) is 14.0 Å². The molecular formula is C11H25N3O4S3. The largest absolute Gasteiger partial charge is 0.320 e. The predicted octanol–water partition coefficient (Wildman–Crippen LogP) is -0.418. The maximum Gasteiger partial charge on any atom is 0.282 e. The van der Waals surface area contributed by atoms with Crippen molar-refractivity contribution in [1.29, 1.82) is 0 Å². The molecule has 7 nitrogen and oxygen atoms in total. The molecule has 1 aliphatic rings. The van der Waals surface area contributed by atoms with E-state index in [-0.39, 0.29) is 12.3 Å². The Balaban J connectivity index is 2.92. The summed E-state index contributed by atoms with van der Waals surface area (Å²) in [4.78, 5) is 0. The van der Waals surface area contributed by atoms with Crippen LogP contribution in [0.4, 0.5) is 0 Å². The van der Waals surface area contributed by atoms with Gasteiger partial charge in [-0.25, -0.2) is 8.42 Å². The van der Waals surface area contributed by atoms with Gasteiger partial charge in [0.25, 0.3) is 10.2 Å². The van der Waals surface area contributed by atoms with E-state index in [1.807, 2.05) is 0 Å². The Labute approximate surface area is 132 Å². The fourth-order valence-corrected chi connectivity index (χ4v) is 7.26. The molecule has 1 atom stereocenters. The van der Waals surface area contributed by atoms with Crippen LogP contribution in [0.2, 0.25) is 0 Å². The van der Waals surface area contributed by atoms with Crippen molar-refractivity contribution in [3.63, 3.8) is 0 Å². The van der Waals surface area contributed by atoms with Gasteiger partial charge in [0.15, 0.2) is 9.84 Å². The lowest BCUT2D eigenvalue weighted by Crippen LogP contribution is -2.54. The molecule has 1 unspecified atom stereocenters. The van der Waals surface area contributed by atoms with Crippen LogP contribution in [0.3, 0.4) is 0 Å². The van der Waals surface area contributed by atoms with E-state index in [1.165, 1.54) is 23.1 Å². The Morgan fingerprint density at radius 2 is 2.00 bits per heavy atom. The number of sulfone groups is 1. The van der Waals surface area contributed by atoms with Gasteiger partial charge in [-0.1, -0.05) is 6.92 Å². The monoisotopic (exact) mass is 359 g/mol. The molecule has 0 aromatic rings. The third-order valence-electron chi connectivity index (χ3n) is 3.44. The molecular weight excluding hydrogens is 334 g/mol. The van der Waals surface area contributed by atoms with Crippen molar-refractivity contribution in [2.24, 2.45) is 0 Å². The molecule has 1 heterocycles. The van der Waals surface area contributed by atoms with Crippen molar-refractivity contribution in [3.8, 4) is 0 Å². The van der Waals surface area contributed by atoms with E-state index < -0.39 is 25.4 Å². The Morgan fingerprint density at radius 1 is 1.33 bits per heavy atom. The highest BCUT2D eigenvalue weighted by Crippen LogP contribution is 2.25. The number of nitrogens with zero attached hydrogens (tertiary/aromatic N) is 2. The first kappa shape index (κ1) is 19.2. The van der Waals surface area contributed by atoms with Crippen LogP contribution in [0.25, 0.3) is 0 Å². The number of hydrogen-bond acceptors (Lipinski definition) is 6. The molecule has 0 aromatic carbocycles. The van der Waals surface area contributed by atoms with E-state index in [9.17, 15) is 16.8 Å². The van der Waals surface area contributed by atoms with Crippen molar-refractivity contribution in [2.75, 3.05) is 51.0 Å². The minimum Gasteiger partial charge on any atom is -0.320 e. The lowest BCUT2D eigenvalue weighted by Gasteiger charge is -2.36. The number of thioether (sulfide) groups is 1. The molecule has 0 amide bonds. The van der Waals surface area contributed by atoms with E-state index in [2.05, 4.69) is 5.32 Å². The van der Waals surface area contributed by atoms with Gasteiger partial charge in [-0.05, 0) is 20.0 Å². The first-order chi connectivity index (χ1) is 9.77. The first-order valence-corrected chi connectivity index (χ1v) is 11.2. The van der Waals surface area contributed by atoms with Crippen molar-refractivity contribution >= 4 is 31.8 Å². The molecule has 0 saturated carbocycles. The molecule has 0 aliphatic carbocycles. The summed E-state index contributed by atoms with van der Waals surface area (Å²) in [5.74, 6) is 0.882. The molecule has 1 N–H and O–H groups in total. The highest BCUT2D eigenvalue weighted by atomic mass is 32.2. The van der Waals surface area contributed by atoms with Gasteiger partial charge in [-0.3, -0.25) is 0 Å². The molecule has 1 saturated heterocycles.